The molecule has 0 aliphatic heterocycles. The van der Waals surface area contributed by atoms with E-state index in [0.717, 1.165) is 11.1 Å². The van der Waals surface area contributed by atoms with Gasteiger partial charge in [-0.1, -0.05) is 11.6 Å². The average molecular weight is 350 g/mol. The van der Waals surface area contributed by atoms with Crippen LogP contribution < -0.4 is 19.5 Å². The Morgan fingerprint density at radius 3 is 2.29 bits per heavy atom. The number of nitrogens with one attached hydrogen (secondary N) is 1. The second-order valence-electron chi connectivity index (χ2n) is 5.27. The van der Waals surface area contributed by atoms with Gasteiger partial charge in [0, 0.05) is 16.8 Å². The quantitative estimate of drug-likeness (QED) is 0.856. The lowest BCUT2D eigenvalue weighted by Gasteiger charge is -2.14. The monoisotopic (exact) mass is 349 g/mol. The third kappa shape index (κ3) is 4.32. The van der Waals surface area contributed by atoms with Crippen molar-refractivity contribution in [1.82, 2.24) is 0 Å². The van der Waals surface area contributed by atoms with Crippen LogP contribution in [-0.2, 0) is 4.79 Å². The van der Waals surface area contributed by atoms with Crippen molar-refractivity contribution in [3.05, 3.63) is 46.5 Å². The molecule has 0 saturated heterocycles. The van der Waals surface area contributed by atoms with Crippen LogP contribution in [0.4, 0.5) is 5.69 Å². The Morgan fingerprint density at radius 2 is 1.67 bits per heavy atom. The first-order chi connectivity index (χ1) is 11.4. The fourth-order valence-corrected chi connectivity index (χ4v) is 2.45. The number of hydrogen-bond donors (Lipinski definition) is 1. The Bertz CT molecular complexity index is 746. The molecule has 0 saturated carbocycles. The molecular weight excluding hydrogens is 330 g/mol. The van der Waals surface area contributed by atoms with Crippen molar-refractivity contribution in [1.29, 1.82) is 0 Å². The van der Waals surface area contributed by atoms with Crippen LogP contribution >= 0.6 is 11.6 Å². The minimum atomic E-state index is -0.264. The predicted octanol–water partition coefficient (Wildman–Crippen LogP) is 3.99. The van der Waals surface area contributed by atoms with E-state index in [1.807, 2.05) is 13.8 Å². The van der Waals surface area contributed by atoms with Crippen LogP contribution in [0.1, 0.15) is 11.1 Å². The maximum Gasteiger partial charge on any atom is 0.262 e. The van der Waals surface area contributed by atoms with Crippen molar-refractivity contribution < 1.29 is 19.0 Å². The highest BCUT2D eigenvalue weighted by Crippen LogP contribution is 2.32. The molecule has 2 aromatic carbocycles. The molecule has 1 N–H and O–H groups in total. The Labute approximate surface area is 146 Å². The number of benzene rings is 2. The molecule has 0 fully saturated rings. The summed E-state index contributed by atoms with van der Waals surface area (Å²) in [6, 6.07) is 8.78. The highest BCUT2D eigenvalue weighted by atomic mass is 35.5. The molecule has 5 nitrogen and oxygen atoms in total. The highest BCUT2D eigenvalue weighted by Gasteiger charge is 2.12. The number of hydrogen-bond acceptors (Lipinski definition) is 4. The summed E-state index contributed by atoms with van der Waals surface area (Å²) in [5.74, 6) is 1.52. The molecule has 0 bridgehead atoms. The van der Waals surface area contributed by atoms with Gasteiger partial charge in [-0.05, 0) is 49.2 Å². The largest absolute Gasteiger partial charge is 0.493 e. The SMILES string of the molecule is COc1cc(C)c(NC(=O)COc2ccc(Cl)cc2C)cc1OC. The smallest absolute Gasteiger partial charge is 0.262 e. The average Bonchev–Trinajstić information content (AvgIpc) is 2.55. The van der Waals surface area contributed by atoms with Crippen LogP contribution in [0.15, 0.2) is 30.3 Å². The van der Waals surface area contributed by atoms with Crippen molar-refractivity contribution in [3.8, 4) is 17.2 Å². The highest BCUT2D eigenvalue weighted by molar-refractivity contribution is 6.30. The molecule has 0 unspecified atom stereocenters. The Morgan fingerprint density at radius 1 is 1.00 bits per heavy atom. The first-order valence-electron chi connectivity index (χ1n) is 7.36. The number of amides is 1. The zero-order chi connectivity index (χ0) is 17.7. The van der Waals surface area contributed by atoms with Crippen LogP contribution in [0.25, 0.3) is 0 Å². The van der Waals surface area contributed by atoms with Gasteiger partial charge in [0.15, 0.2) is 18.1 Å². The van der Waals surface area contributed by atoms with Crippen molar-refractivity contribution >= 4 is 23.2 Å². The molecular formula is C18H20ClNO4. The summed E-state index contributed by atoms with van der Waals surface area (Å²) in [5.41, 5.74) is 2.38. The van der Waals surface area contributed by atoms with Crippen molar-refractivity contribution in [3.63, 3.8) is 0 Å². The maximum absolute atomic E-state index is 12.1. The molecule has 0 aliphatic rings. The first-order valence-corrected chi connectivity index (χ1v) is 7.73. The van der Waals surface area contributed by atoms with Gasteiger partial charge in [-0.2, -0.15) is 0 Å². The van der Waals surface area contributed by atoms with Crippen LogP contribution in [0.3, 0.4) is 0 Å². The van der Waals surface area contributed by atoms with E-state index in [1.54, 1.807) is 44.6 Å². The molecule has 1 amide bonds. The number of carbonyl (C=O) groups is 1. The van der Waals surface area contributed by atoms with Gasteiger partial charge in [0.25, 0.3) is 5.91 Å². The van der Waals surface area contributed by atoms with Crippen molar-refractivity contribution in [2.75, 3.05) is 26.1 Å². The fraction of sp³-hybridized carbons (Fsp3) is 0.278. The summed E-state index contributed by atoms with van der Waals surface area (Å²) in [6.07, 6.45) is 0. The molecule has 128 valence electrons. The van der Waals surface area contributed by atoms with Gasteiger partial charge in [0.1, 0.15) is 5.75 Å². The van der Waals surface area contributed by atoms with Crippen molar-refractivity contribution in [2.24, 2.45) is 0 Å². The first kappa shape index (κ1) is 17.9. The minimum Gasteiger partial charge on any atom is -0.493 e. The molecule has 2 aromatic rings. The van der Waals surface area contributed by atoms with Gasteiger partial charge < -0.3 is 19.5 Å². The maximum atomic E-state index is 12.1. The number of rotatable bonds is 6. The molecule has 0 radical (unpaired) electrons. The lowest BCUT2D eigenvalue weighted by molar-refractivity contribution is -0.118. The molecule has 0 spiro atoms. The summed E-state index contributed by atoms with van der Waals surface area (Å²) < 4.78 is 16.0. The Balaban J connectivity index is 2.04. The Hall–Kier alpha value is -2.40. The van der Waals surface area contributed by atoms with E-state index < -0.39 is 0 Å². The summed E-state index contributed by atoms with van der Waals surface area (Å²) in [5, 5.41) is 3.44. The van der Waals surface area contributed by atoms with Crippen LogP contribution in [0.2, 0.25) is 5.02 Å². The fourth-order valence-electron chi connectivity index (χ4n) is 2.22. The zero-order valence-corrected chi connectivity index (χ0v) is 14.9. The summed E-state index contributed by atoms with van der Waals surface area (Å²) in [6.45, 7) is 3.65. The van der Waals surface area contributed by atoms with E-state index in [9.17, 15) is 4.79 Å². The number of ether oxygens (including phenoxy) is 3. The van der Waals surface area contributed by atoms with Crippen LogP contribution in [-0.4, -0.2) is 26.7 Å². The predicted molar refractivity (Wildman–Crippen MR) is 94.6 cm³/mol. The second-order valence-corrected chi connectivity index (χ2v) is 5.71. The number of carbonyl (C=O) groups excluding carboxylic acids is 1. The molecule has 2 rings (SSSR count). The van der Waals surface area contributed by atoms with Crippen LogP contribution in [0, 0.1) is 13.8 Å². The standard InChI is InChI=1S/C18H20ClNO4/c1-11-8-16(22-3)17(23-4)9-14(11)20-18(21)10-24-15-6-5-13(19)7-12(15)2/h5-9H,10H2,1-4H3,(H,20,21). The molecule has 0 heterocycles. The van der Waals surface area contributed by atoms with Gasteiger partial charge in [-0.25, -0.2) is 0 Å². The van der Waals surface area contributed by atoms with E-state index in [4.69, 9.17) is 25.8 Å². The third-order valence-corrected chi connectivity index (χ3v) is 3.74. The van der Waals surface area contributed by atoms with Gasteiger partial charge in [0.2, 0.25) is 0 Å². The van der Waals surface area contributed by atoms with Crippen LogP contribution in [0.5, 0.6) is 17.2 Å². The van der Waals surface area contributed by atoms with E-state index in [0.29, 0.717) is 28.0 Å². The van der Waals surface area contributed by atoms with Gasteiger partial charge in [-0.3, -0.25) is 4.79 Å². The number of methoxy groups -OCH3 is 2. The Kier molecular flexibility index (Phi) is 5.93. The molecule has 0 aromatic heterocycles. The van der Waals surface area contributed by atoms with E-state index in [1.165, 1.54) is 0 Å². The van der Waals surface area contributed by atoms with Gasteiger partial charge in [-0.15, -0.1) is 0 Å². The lowest BCUT2D eigenvalue weighted by atomic mass is 10.1. The zero-order valence-electron chi connectivity index (χ0n) is 14.1. The lowest BCUT2D eigenvalue weighted by Crippen LogP contribution is -2.21. The number of aryl methyl sites for hydroxylation is 2. The number of halogens is 1. The summed E-state index contributed by atoms with van der Waals surface area (Å²) in [4.78, 5) is 12.1. The molecule has 0 atom stereocenters. The molecule has 0 aliphatic carbocycles. The number of anilines is 1. The van der Waals surface area contributed by atoms with Crippen molar-refractivity contribution in [2.45, 2.75) is 13.8 Å². The van der Waals surface area contributed by atoms with Gasteiger partial charge in [0.05, 0.1) is 14.2 Å². The van der Waals surface area contributed by atoms with Gasteiger partial charge >= 0.3 is 0 Å². The molecule has 6 heteroatoms. The second kappa shape index (κ2) is 7.93. The topological polar surface area (TPSA) is 56.8 Å². The van der Waals surface area contributed by atoms with E-state index >= 15 is 0 Å². The molecule has 24 heavy (non-hydrogen) atoms. The summed E-state index contributed by atoms with van der Waals surface area (Å²) in [7, 11) is 3.11. The normalized spacial score (nSPS) is 10.2. The van der Waals surface area contributed by atoms with E-state index in [2.05, 4.69) is 5.32 Å². The summed E-state index contributed by atoms with van der Waals surface area (Å²) >= 11 is 5.90. The van der Waals surface area contributed by atoms with E-state index in [-0.39, 0.29) is 12.5 Å². The third-order valence-electron chi connectivity index (χ3n) is 3.50. The minimum absolute atomic E-state index is 0.101.